The van der Waals surface area contributed by atoms with Crippen LogP contribution in [0, 0.1) is 5.41 Å². The van der Waals surface area contributed by atoms with E-state index in [0.29, 0.717) is 42.9 Å². The summed E-state index contributed by atoms with van der Waals surface area (Å²) in [6, 6.07) is 9.27. The normalized spacial score (nSPS) is 19.0. The van der Waals surface area contributed by atoms with E-state index in [1.54, 1.807) is 18.3 Å². The summed E-state index contributed by atoms with van der Waals surface area (Å²) in [6.45, 7) is 6.02. The Labute approximate surface area is 254 Å². The molecule has 2 N–H and O–H groups in total. The molecule has 4 heterocycles. The highest BCUT2D eigenvalue weighted by atomic mass is 19.1. The third kappa shape index (κ3) is 5.67. The van der Waals surface area contributed by atoms with Crippen LogP contribution in [0.25, 0.3) is 28.1 Å². The summed E-state index contributed by atoms with van der Waals surface area (Å²) < 4.78 is 28.1. The summed E-state index contributed by atoms with van der Waals surface area (Å²) in [6.07, 6.45) is 9.09. The molecular weight excluding hydrogens is 563 g/mol. The molecule has 1 unspecified atom stereocenters. The number of oxazole rings is 1. The van der Waals surface area contributed by atoms with Gasteiger partial charge in [-0.1, -0.05) is 43.3 Å². The minimum Gasteiger partial charge on any atom is -0.443 e. The summed E-state index contributed by atoms with van der Waals surface area (Å²) in [7, 11) is 0. The molecule has 1 aliphatic carbocycles. The van der Waals surface area contributed by atoms with Gasteiger partial charge in [-0.3, -0.25) is 4.79 Å². The maximum Gasteiger partial charge on any atom is 0.273 e. The Balaban J connectivity index is 1.27. The van der Waals surface area contributed by atoms with Gasteiger partial charge in [0.05, 0.1) is 33.9 Å². The predicted octanol–water partition coefficient (Wildman–Crippen LogP) is 5.52. The molecule has 1 amide bonds. The second-order valence-corrected chi connectivity index (χ2v) is 11.2. The first kappa shape index (κ1) is 29.4. The van der Waals surface area contributed by atoms with Gasteiger partial charge in [0.15, 0.2) is 11.3 Å². The number of benzene rings is 1. The van der Waals surface area contributed by atoms with Gasteiger partial charge in [-0.15, -0.1) is 0 Å². The van der Waals surface area contributed by atoms with Crippen LogP contribution < -0.4 is 10.6 Å². The number of aromatic nitrogens is 4. The quantitative estimate of drug-likeness (QED) is 0.229. The average molecular weight is 599 g/mol. The van der Waals surface area contributed by atoms with Crippen LogP contribution in [0.5, 0.6) is 0 Å². The molecule has 1 fully saturated rings. The number of nitrogens with one attached hydrogen (secondary N) is 2. The van der Waals surface area contributed by atoms with Crippen molar-refractivity contribution < 1.29 is 23.1 Å². The molecule has 0 radical (unpaired) electrons. The Morgan fingerprint density at radius 2 is 1.98 bits per heavy atom. The molecule has 1 saturated heterocycles. The number of allylic oxidation sites excluding steroid dienone is 3. The molecule has 1 atom stereocenters. The van der Waals surface area contributed by atoms with Crippen molar-refractivity contribution in [1.82, 2.24) is 25.1 Å². The number of hydrogen-bond acceptors (Lipinski definition) is 8. The lowest BCUT2D eigenvalue weighted by atomic mass is 9.77. The minimum absolute atomic E-state index is 0.0296. The number of halogens is 1. The molecule has 4 aromatic rings. The third-order valence-electron chi connectivity index (χ3n) is 8.31. The number of amides is 1. The maximum absolute atomic E-state index is 14.7. The summed E-state index contributed by atoms with van der Waals surface area (Å²) in [5, 5.41) is 11.9. The molecule has 3 aromatic heterocycles. The van der Waals surface area contributed by atoms with Crippen LogP contribution >= 0.6 is 0 Å². The lowest BCUT2D eigenvalue weighted by Crippen LogP contribution is -2.38. The molecule has 0 bridgehead atoms. The molecule has 1 aromatic carbocycles. The van der Waals surface area contributed by atoms with Gasteiger partial charge in [0, 0.05) is 32.3 Å². The Kier molecular flexibility index (Phi) is 8.38. The van der Waals surface area contributed by atoms with Gasteiger partial charge in [0.1, 0.15) is 18.4 Å². The Morgan fingerprint density at radius 3 is 2.70 bits per heavy atom. The summed E-state index contributed by atoms with van der Waals surface area (Å²) >= 11 is 0. The highest BCUT2D eigenvalue weighted by Crippen LogP contribution is 2.39. The number of carbonyl (C=O) groups is 2. The molecule has 0 spiro atoms. The zero-order valence-corrected chi connectivity index (χ0v) is 24.8. The number of pyridine rings is 1. The highest BCUT2D eigenvalue weighted by molar-refractivity contribution is 5.99. The van der Waals surface area contributed by atoms with Crippen molar-refractivity contribution in [2.75, 3.05) is 25.1 Å². The molecule has 0 saturated carbocycles. The topological polar surface area (TPSA) is 124 Å². The number of ether oxygens (including phenoxy) is 1. The third-order valence-corrected chi connectivity index (χ3v) is 8.31. The van der Waals surface area contributed by atoms with Crippen LogP contribution in [0.15, 0.2) is 65.2 Å². The molecule has 2 aliphatic rings. The van der Waals surface area contributed by atoms with Gasteiger partial charge >= 0.3 is 0 Å². The van der Waals surface area contributed by atoms with E-state index in [0.717, 1.165) is 41.5 Å². The van der Waals surface area contributed by atoms with Crippen LogP contribution in [0.2, 0.25) is 0 Å². The van der Waals surface area contributed by atoms with Crippen molar-refractivity contribution in [3.05, 3.63) is 77.7 Å². The zero-order valence-electron chi connectivity index (χ0n) is 24.8. The predicted molar refractivity (Wildman–Crippen MR) is 165 cm³/mol. The summed E-state index contributed by atoms with van der Waals surface area (Å²) in [5.41, 5.74) is 3.12. The van der Waals surface area contributed by atoms with E-state index >= 15 is 0 Å². The lowest BCUT2D eigenvalue weighted by molar-refractivity contribution is -0.113. The highest BCUT2D eigenvalue weighted by Gasteiger charge is 2.34. The van der Waals surface area contributed by atoms with E-state index < -0.39 is 17.1 Å². The van der Waals surface area contributed by atoms with Crippen molar-refractivity contribution >= 4 is 34.5 Å². The number of aldehydes is 1. The van der Waals surface area contributed by atoms with Crippen molar-refractivity contribution in [3.8, 4) is 11.5 Å². The van der Waals surface area contributed by atoms with Gasteiger partial charge in [0.2, 0.25) is 5.89 Å². The zero-order chi connectivity index (χ0) is 30.7. The van der Waals surface area contributed by atoms with Gasteiger partial charge in [0.25, 0.3) is 5.91 Å². The van der Waals surface area contributed by atoms with Crippen LogP contribution in [-0.2, 0) is 22.5 Å². The summed E-state index contributed by atoms with van der Waals surface area (Å²) in [4.78, 5) is 35.1. The summed E-state index contributed by atoms with van der Waals surface area (Å²) in [5.74, 6) is -0.636. The second-order valence-electron chi connectivity index (χ2n) is 11.2. The van der Waals surface area contributed by atoms with Gasteiger partial charge < -0.3 is 24.6 Å². The minimum atomic E-state index is -1.10. The smallest absolute Gasteiger partial charge is 0.273 e. The molecule has 6 rings (SSSR count). The molecule has 44 heavy (non-hydrogen) atoms. The van der Waals surface area contributed by atoms with Crippen molar-refractivity contribution in [1.29, 1.82) is 0 Å². The fourth-order valence-electron chi connectivity index (χ4n) is 5.81. The Morgan fingerprint density at radius 1 is 1.18 bits per heavy atom. The first-order valence-electron chi connectivity index (χ1n) is 15.0. The molecule has 11 heteroatoms. The van der Waals surface area contributed by atoms with Gasteiger partial charge in [-0.2, -0.15) is 5.10 Å². The first-order chi connectivity index (χ1) is 21.4. The van der Waals surface area contributed by atoms with E-state index in [1.165, 1.54) is 18.4 Å². The fourth-order valence-corrected chi connectivity index (χ4v) is 5.81. The molecule has 10 nitrogen and oxygen atoms in total. The number of anilines is 1. The largest absolute Gasteiger partial charge is 0.443 e. The van der Waals surface area contributed by atoms with Crippen molar-refractivity contribution in [3.63, 3.8) is 0 Å². The monoisotopic (exact) mass is 598 g/mol. The number of nitrogens with zero attached hydrogens (tertiary/aromatic N) is 4. The van der Waals surface area contributed by atoms with E-state index in [4.69, 9.17) is 14.1 Å². The van der Waals surface area contributed by atoms with Gasteiger partial charge in [-0.25, -0.2) is 19.0 Å². The number of carbonyl (C=O) groups excluding carboxylic acids is 2. The van der Waals surface area contributed by atoms with E-state index in [1.807, 2.05) is 36.7 Å². The second kappa shape index (κ2) is 12.5. The Bertz CT molecular complexity index is 1740. The molecule has 228 valence electrons. The lowest BCUT2D eigenvalue weighted by Gasteiger charge is -2.29. The number of rotatable bonds is 10. The molecule has 1 aliphatic heterocycles. The number of hydrogen-bond donors (Lipinski definition) is 2. The SMILES string of the molecule is CCc1nc2c(cnn2CC)c(NC2CCOCC2)c1-c1nc(C(=O)NCC2(C=O)C=CC(F)=C(c3ccccc3)C2)co1. The Hall–Kier alpha value is -4.64. The van der Waals surface area contributed by atoms with E-state index in [9.17, 15) is 14.0 Å². The van der Waals surface area contributed by atoms with Crippen molar-refractivity contribution in [2.24, 2.45) is 5.41 Å². The van der Waals surface area contributed by atoms with Gasteiger partial charge in [-0.05, 0) is 49.8 Å². The maximum atomic E-state index is 14.7. The van der Waals surface area contributed by atoms with Crippen LogP contribution in [0.1, 0.15) is 54.9 Å². The average Bonchev–Trinajstić information content (AvgIpc) is 3.73. The molecular formula is C33H35FN6O4. The standard InChI is InChI=1S/C33H35FN6O4/c1-3-26-28(29(37-22-11-14-43-15-12-22)24-17-36-40(4-2)30(24)38-26)32-39-27(18-44-32)31(42)35-19-33(20-41)13-10-25(34)23(16-33)21-8-6-5-7-9-21/h5-10,13,17-18,20,22H,3-4,11-12,14-16,19H2,1-2H3,(H,35,42)(H,37,38). The van der Waals surface area contributed by atoms with E-state index in [-0.39, 0.29) is 30.6 Å². The van der Waals surface area contributed by atoms with Crippen LogP contribution in [0.3, 0.4) is 0 Å². The van der Waals surface area contributed by atoms with Crippen LogP contribution in [0.4, 0.5) is 10.1 Å². The number of fused-ring (bicyclic) bond motifs is 1. The number of aryl methyl sites for hydroxylation is 2. The van der Waals surface area contributed by atoms with E-state index in [2.05, 4.69) is 20.7 Å². The fraction of sp³-hybridized carbons (Fsp3) is 0.364. The van der Waals surface area contributed by atoms with Crippen molar-refractivity contribution in [2.45, 2.75) is 52.1 Å². The first-order valence-corrected chi connectivity index (χ1v) is 15.0. The van der Waals surface area contributed by atoms with Crippen LogP contribution in [-0.4, -0.2) is 57.7 Å².